The van der Waals surface area contributed by atoms with Gasteiger partial charge < -0.3 is 10.2 Å². The zero-order valence-corrected chi connectivity index (χ0v) is 20.5. The molecule has 36 heavy (non-hydrogen) atoms. The van der Waals surface area contributed by atoms with Crippen molar-refractivity contribution < 1.29 is 22.4 Å². The van der Waals surface area contributed by atoms with E-state index in [1.165, 1.54) is 12.1 Å². The van der Waals surface area contributed by atoms with E-state index in [1.54, 1.807) is 22.4 Å². The summed E-state index contributed by atoms with van der Waals surface area (Å²) >= 11 is 1.09. The van der Waals surface area contributed by atoms with E-state index in [0.717, 1.165) is 36.2 Å². The third-order valence-corrected chi connectivity index (χ3v) is 10.2. The highest BCUT2D eigenvalue weighted by Crippen LogP contribution is 2.54. The van der Waals surface area contributed by atoms with Gasteiger partial charge >= 0.3 is 0 Å². The number of amidine groups is 1. The number of nitrogens with one attached hydrogen (secondary N) is 1. The molecule has 4 aliphatic rings. The van der Waals surface area contributed by atoms with Crippen molar-refractivity contribution in [1.29, 1.82) is 0 Å². The highest BCUT2D eigenvalue weighted by Gasteiger charge is 2.60. The van der Waals surface area contributed by atoms with E-state index in [2.05, 4.69) is 19.7 Å². The molecule has 1 amide bonds. The van der Waals surface area contributed by atoms with Crippen molar-refractivity contribution in [3.8, 4) is 0 Å². The maximum atomic E-state index is 13.9. The minimum absolute atomic E-state index is 0.0969. The van der Waals surface area contributed by atoms with Crippen LogP contribution in [-0.4, -0.2) is 36.9 Å². The summed E-state index contributed by atoms with van der Waals surface area (Å²) in [6.45, 7) is 0.0432. The number of rotatable bonds is 5. The smallest absolute Gasteiger partial charge is 0.287 e. The lowest BCUT2D eigenvalue weighted by atomic mass is 9.73. The SMILES string of the molecule is [N-]=[N+]=NCc1csc2c1S(=O)(=O)N=C(C1C(=O)[C@@H]3[C@H]4CC[C@H](C4)[C@@H]3N(Cc3ccc(F)cc3)C1=O)N2. The summed E-state index contributed by atoms with van der Waals surface area (Å²) in [5.74, 6) is -2.75. The zero-order chi connectivity index (χ0) is 25.2. The number of hydrogen-bond acceptors (Lipinski definition) is 7. The van der Waals surface area contributed by atoms with Crippen LogP contribution in [0.25, 0.3) is 10.4 Å². The van der Waals surface area contributed by atoms with Gasteiger partial charge in [0.2, 0.25) is 5.91 Å². The molecule has 1 saturated heterocycles. The molecule has 0 radical (unpaired) electrons. The second kappa shape index (κ2) is 8.39. The van der Waals surface area contributed by atoms with E-state index in [-0.39, 0.29) is 64.2 Å². The van der Waals surface area contributed by atoms with Crippen LogP contribution in [-0.2, 0) is 32.7 Å². The van der Waals surface area contributed by atoms with Gasteiger partial charge in [0.1, 0.15) is 21.5 Å². The Hall–Kier alpha value is -3.28. The molecule has 1 aromatic heterocycles. The van der Waals surface area contributed by atoms with Gasteiger partial charge in [-0.25, -0.2) is 4.39 Å². The maximum Gasteiger partial charge on any atom is 0.287 e. The molecule has 10 nitrogen and oxygen atoms in total. The van der Waals surface area contributed by atoms with Gasteiger partial charge in [0.15, 0.2) is 11.7 Å². The first-order valence-corrected chi connectivity index (χ1v) is 13.9. The average molecular weight is 529 g/mol. The predicted octanol–water partition coefficient (Wildman–Crippen LogP) is 3.85. The van der Waals surface area contributed by atoms with Gasteiger partial charge in [-0.15, -0.1) is 15.7 Å². The number of nitrogens with zero attached hydrogens (tertiary/aromatic N) is 5. The number of ketones is 1. The topological polar surface area (TPSA) is 145 Å². The van der Waals surface area contributed by atoms with Crippen LogP contribution in [0.2, 0.25) is 0 Å². The summed E-state index contributed by atoms with van der Waals surface area (Å²) in [4.78, 5) is 31.9. The molecule has 5 atom stereocenters. The fourth-order valence-electron chi connectivity index (χ4n) is 6.37. The normalized spacial score (nSPS) is 29.8. The minimum Gasteiger partial charge on any atom is -0.333 e. The number of likely N-dealkylation sites (tertiary alicyclic amines) is 1. The number of hydrogen-bond donors (Lipinski definition) is 1. The highest BCUT2D eigenvalue weighted by molar-refractivity contribution is 7.90. The number of carbonyl (C=O) groups excluding carboxylic acids is 2. The molecule has 1 N–H and O–H groups in total. The first kappa shape index (κ1) is 23.1. The Balaban J connectivity index is 1.38. The first-order valence-electron chi connectivity index (χ1n) is 11.6. The first-order chi connectivity index (χ1) is 17.3. The molecule has 6 rings (SSSR count). The number of piperidine rings is 1. The molecule has 2 aromatic rings. The number of amides is 1. The summed E-state index contributed by atoms with van der Waals surface area (Å²) in [6.07, 6.45) is 2.70. The summed E-state index contributed by atoms with van der Waals surface area (Å²) in [5.41, 5.74) is 9.64. The number of sulfonamides is 1. The lowest BCUT2D eigenvalue weighted by Gasteiger charge is -2.45. The Kier molecular flexibility index (Phi) is 5.39. The van der Waals surface area contributed by atoms with Crippen LogP contribution in [0, 0.1) is 29.5 Å². The van der Waals surface area contributed by atoms with Crippen LogP contribution < -0.4 is 5.32 Å². The number of azide groups is 1. The Bertz CT molecular complexity index is 1460. The Morgan fingerprint density at radius 3 is 2.72 bits per heavy atom. The molecule has 13 heteroatoms. The second-order valence-corrected chi connectivity index (χ2v) is 12.1. The van der Waals surface area contributed by atoms with Crippen molar-refractivity contribution in [3.05, 3.63) is 57.0 Å². The molecule has 186 valence electrons. The predicted molar refractivity (Wildman–Crippen MR) is 129 cm³/mol. The Morgan fingerprint density at radius 2 is 1.97 bits per heavy atom. The summed E-state index contributed by atoms with van der Waals surface area (Å²) < 4.78 is 43.6. The van der Waals surface area contributed by atoms with Gasteiger partial charge in [-0.1, -0.05) is 17.2 Å². The third-order valence-electron chi connectivity index (χ3n) is 7.75. The van der Waals surface area contributed by atoms with E-state index >= 15 is 0 Å². The molecule has 3 heterocycles. The Labute approximate surface area is 209 Å². The molecule has 0 spiro atoms. The van der Waals surface area contributed by atoms with Crippen molar-refractivity contribution in [3.63, 3.8) is 0 Å². The molecule has 2 aliphatic heterocycles. The van der Waals surface area contributed by atoms with E-state index in [0.29, 0.717) is 5.56 Å². The molecule has 2 bridgehead atoms. The Morgan fingerprint density at radius 1 is 1.22 bits per heavy atom. The number of Topliss-reactive ketones (excluding diaryl/α,β-unsaturated/α-hetero) is 1. The average Bonchev–Trinajstić information content (AvgIpc) is 3.56. The fraction of sp³-hybridized carbons (Fsp3) is 0.435. The quantitative estimate of drug-likeness (QED) is 0.271. The number of thiophene rings is 1. The van der Waals surface area contributed by atoms with E-state index in [4.69, 9.17) is 5.53 Å². The van der Waals surface area contributed by atoms with Gasteiger partial charge in [0.25, 0.3) is 10.0 Å². The molecular weight excluding hydrogens is 507 g/mol. The van der Waals surface area contributed by atoms with Crippen molar-refractivity contribution >= 4 is 43.9 Å². The van der Waals surface area contributed by atoms with E-state index in [9.17, 15) is 22.4 Å². The van der Waals surface area contributed by atoms with Crippen molar-refractivity contribution in [2.75, 3.05) is 5.32 Å². The van der Waals surface area contributed by atoms with Crippen LogP contribution in [0.3, 0.4) is 0 Å². The number of anilines is 1. The van der Waals surface area contributed by atoms with Gasteiger partial charge in [-0.2, -0.15) is 8.42 Å². The van der Waals surface area contributed by atoms with Crippen LogP contribution in [0.4, 0.5) is 9.39 Å². The number of benzene rings is 1. The highest BCUT2D eigenvalue weighted by atomic mass is 32.2. The molecular formula is C23H21FN6O4S2. The van der Waals surface area contributed by atoms with Crippen LogP contribution >= 0.6 is 11.3 Å². The number of carbonyl (C=O) groups is 2. The van der Waals surface area contributed by atoms with Crippen molar-refractivity contribution in [2.45, 2.75) is 43.3 Å². The van der Waals surface area contributed by atoms with E-state index < -0.39 is 21.8 Å². The monoisotopic (exact) mass is 528 g/mol. The summed E-state index contributed by atoms with van der Waals surface area (Å²) in [6, 6.07) is 5.63. The van der Waals surface area contributed by atoms with Gasteiger partial charge in [0.05, 0.1) is 6.54 Å². The van der Waals surface area contributed by atoms with E-state index in [1.807, 2.05) is 0 Å². The van der Waals surface area contributed by atoms with Crippen LogP contribution in [0.15, 0.2) is 44.1 Å². The van der Waals surface area contributed by atoms with Gasteiger partial charge in [0, 0.05) is 23.4 Å². The molecule has 2 aliphatic carbocycles. The maximum absolute atomic E-state index is 13.9. The van der Waals surface area contributed by atoms with Crippen molar-refractivity contribution in [1.82, 2.24) is 4.90 Å². The lowest BCUT2D eigenvalue weighted by Crippen LogP contribution is -2.61. The van der Waals surface area contributed by atoms with Crippen LogP contribution in [0.5, 0.6) is 0 Å². The van der Waals surface area contributed by atoms with Gasteiger partial charge in [-0.3, -0.25) is 9.59 Å². The number of fused-ring (bicyclic) bond motifs is 6. The minimum atomic E-state index is -4.23. The zero-order valence-electron chi connectivity index (χ0n) is 18.9. The van der Waals surface area contributed by atoms with Crippen LogP contribution in [0.1, 0.15) is 30.4 Å². The van der Waals surface area contributed by atoms with Gasteiger partial charge in [-0.05, 0) is 65.3 Å². The summed E-state index contributed by atoms with van der Waals surface area (Å²) in [7, 11) is -4.23. The molecule has 1 aromatic carbocycles. The standard InChI is InChI=1S/C23H21FN6O4S2/c24-15-5-1-11(2-6-15)9-30-18-13-4-3-12(7-13)16(18)19(31)17(23(30)32)21-27-22-20(36(33,34)28-21)14(10-35-22)8-26-29-25/h1-2,5-6,10,12-13,16-18H,3-4,7-9H2,(H,27,28)/t12-,13+,16+,17?,18-/m0/s1. The number of halogens is 1. The molecule has 1 unspecified atom stereocenters. The fourth-order valence-corrected chi connectivity index (χ4v) is 9.00. The second-order valence-electron chi connectivity index (χ2n) is 9.66. The summed E-state index contributed by atoms with van der Waals surface area (Å²) in [5, 5.41) is 8.17. The largest absolute Gasteiger partial charge is 0.333 e. The lowest BCUT2D eigenvalue weighted by molar-refractivity contribution is -0.153. The third kappa shape index (κ3) is 3.53. The molecule has 2 saturated carbocycles. The molecule has 3 fully saturated rings. The van der Waals surface area contributed by atoms with Crippen molar-refractivity contribution in [2.24, 2.45) is 33.2 Å².